The summed E-state index contributed by atoms with van der Waals surface area (Å²) in [5, 5.41) is 11.3. The number of halogens is 1. The molecule has 0 aliphatic rings. The van der Waals surface area contributed by atoms with Crippen LogP contribution in [0.5, 0.6) is 0 Å². The molecule has 0 saturated carbocycles. The van der Waals surface area contributed by atoms with Gasteiger partial charge >= 0.3 is 0 Å². The summed E-state index contributed by atoms with van der Waals surface area (Å²) < 4.78 is 14.0. The van der Waals surface area contributed by atoms with Crippen LogP contribution in [0.15, 0.2) is 36.8 Å². The molecule has 0 unspecified atom stereocenters. The molecule has 0 aliphatic heterocycles. The first-order valence-corrected chi connectivity index (χ1v) is 7.55. The van der Waals surface area contributed by atoms with E-state index >= 15 is 0 Å². The fourth-order valence-corrected chi connectivity index (χ4v) is 2.51. The van der Waals surface area contributed by atoms with Gasteiger partial charge in [0.2, 0.25) is 0 Å². The third-order valence-electron chi connectivity index (χ3n) is 3.70. The molecule has 0 bridgehead atoms. The number of amides is 1. The maximum atomic E-state index is 14.0. The number of pyridine rings is 1. The maximum absolute atomic E-state index is 14.0. The molecular weight excluding hydrogens is 309 g/mol. The lowest BCUT2D eigenvalue weighted by Crippen LogP contribution is -2.26. The van der Waals surface area contributed by atoms with Gasteiger partial charge in [0.25, 0.3) is 5.91 Å². The summed E-state index contributed by atoms with van der Waals surface area (Å²) in [7, 11) is 0. The number of nitrogens with two attached hydrogens (primary N) is 1. The van der Waals surface area contributed by atoms with Crippen molar-refractivity contribution in [3.8, 4) is 11.1 Å². The third-order valence-corrected chi connectivity index (χ3v) is 3.70. The summed E-state index contributed by atoms with van der Waals surface area (Å²) >= 11 is 0. The third kappa shape index (κ3) is 2.76. The van der Waals surface area contributed by atoms with E-state index in [1.165, 1.54) is 12.4 Å². The Kier molecular flexibility index (Phi) is 4.33. The van der Waals surface area contributed by atoms with Gasteiger partial charge in [-0.25, -0.2) is 9.37 Å². The first kappa shape index (κ1) is 15.8. The van der Waals surface area contributed by atoms with E-state index in [1.807, 2.05) is 6.92 Å². The van der Waals surface area contributed by atoms with Gasteiger partial charge in [-0.3, -0.25) is 4.79 Å². The van der Waals surface area contributed by atoms with Crippen LogP contribution in [0.2, 0.25) is 0 Å². The Hall–Kier alpha value is -3.09. The first-order valence-electron chi connectivity index (χ1n) is 7.55. The zero-order valence-electron chi connectivity index (χ0n) is 13.1. The molecule has 2 aromatic heterocycles. The van der Waals surface area contributed by atoms with Crippen LogP contribution in [0.1, 0.15) is 23.8 Å². The molecule has 122 valence electrons. The molecule has 0 saturated heterocycles. The summed E-state index contributed by atoms with van der Waals surface area (Å²) in [5.41, 5.74) is 7.47. The molecule has 6 nitrogen and oxygen atoms in total. The number of nitrogen functional groups attached to an aromatic ring is 1. The normalized spacial score (nSPS) is 10.8. The number of benzene rings is 1. The predicted octanol–water partition coefficient (Wildman–Crippen LogP) is 2.55. The van der Waals surface area contributed by atoms with Crippen LogP contribution in [0.25, 0.3) is 21.9 Å². The van der Waals surface area contributed by atoms with Crippen LogP contribution >= 0.6 is 0 Å². The molecule has 3 aromatic rings. The molecule has 3 rings (SSSR count). The molecule has 7 heteroatoms. The van der Waals surface area contributed by atoms with Crippen molar-refractivity contribution in [3.05, 3.63) is 48.3 Å². The Balaban J connectivity index is 2.15. The van der Waals surface area contributed by atoms with E-state index in [2.05, 4.69) is 20.5 Å². The highest BCUT2D eigenvalue weighted by atomic mass is 19.1. The predicted molar refractivity (Wildman–Crippen MR) is 89.8 cm³/mol. The van der Waals surface area contributed by atoms with Gasteiger partial charge in [-0.05, 0) is 12.0 Å². The highest BCUT2D eigenvalue weighted by molar-refractivity contribution is 6.09. The smallest absolute Gasteiger partial charge is 0.272 e. The second-order valence-electron chi connectivity index (χ2n) is 5.29. The number of rotatable bonds is 4. The van der Waals surface area contributed by atoms with Gasteiger partial charge < -0.3 is 11.1 Å². The van der Waals surface area contributed by atoms with Gasteiger partial charge in [-0.15, -0.1) is 0 Å². The largest absolute Gasteiger partial charge is 0.396 e. The summed E-state index contributed by atoms with van der Waals surface area (Å²) in [6.07, 6.45) is 4.75. The van der Waals surface area contributed by atoms with Gasteiger partial charge in [0.15, 0.2) is 11.5 Å². The Morgan fingerprint density at radius 3 is 2.71 bits per heavy atom. The number of hydrogen-bond acceptors (Lipinski definition) is 5. The van der Waals surface area contributed by atoms with Crippen LogP contribution in [0, 0.1) is 5.82 Å². The van der Waals surface area contributed by atoms with Crippen molar-refractivity contribution in [1.82, 2.24) is 20.5 Å². The molecule has 0 atom stereocenters. The second-order valence-corrected chi connectivity index (χ2v) is 5.29. The molecule has 24 heavy (non-hydrogen) atoms. The van der Waals surface area contributed by atoms with Crippen molar-refractivity contribution < 1.29 is 9.18 Å². The summed E-state index contributed by atoms with van der Waals surface area (Å²) in [6.45, 7) is 2.51. The van der Waals surface area contributed by atoms with Crippen LogP contribution < -0.4 is 11.1 Å². The minimum Gasteiger partial charge on any atom is -0.396 e. The molecule has 3 N–H and O–H groups in total. The van der Waals surface area contributed by atoms with Crippen molar-refractivity contribution >= 4 is 22.4 Å². The molecule has 0 spiro atoms. The van der Waals surface area contributed by atoms with Crippen molar-refractivity contribution in [2.45, 2.75) is 13.3 Å². The zero-order chi connectivity index (χ0) is 17.1. The molecule has 1 amide bonds. The topological polar surface area (TPSA) is 93.8 Å². The molecular formula is C17H16FN5O. The van der Waals surface area contributed by atoms with Gasteiger partial charge in [0.05, 0.1) is 18.1 Å². The van der Waals surface area contributed by atoms with E-state index in [1.54, 1.807) is 18.2 Å². The second kappa shape index (κ2) is 6.57. The fourth-order valence-electron chi connectivity index (χ4n) is 2.51. The highest BCUT2D eigenvalue weighted by Crippen LogP contribution is 2.32. The number of carbonyl (C=O) groups is 1. The summed E-state index contributed by atoms with van der Waals surface area (Å²) in [5.74, 6) is -0.806. The molecule has 1 aromatic carbocycles. The Bertz CT molecular complexity index is 913. The number of nitrogens with zero attached hydrogens (tertiary/aromatic N) is 3. The number of anilines is 1. The minimum atomic E-state index is -0.485. The zero-order valence-corrected chi connectivity index (χ0v) is 13.1. The fraction of sp³-hybridized carbons (Fsp3) is 0.176. The van der Waals surface area contributed by atoms with E-state index in [0.717, 1.165) is 12.6 Å². The Morgan fingerprint density at radius 1 is 1.17 bits per heavy atom. The van der Waals surface area contributed by atoms with E-state index < -0.39 is 5.82 Å². The lowest BCUT2D eigenvalue weighted by Gasteiger charge is -2.11. The number of fused-ring (bicyclic) bond motifs is 1. The van der Waals surface area contributed by atoms with Crippen molar-refractivity contribution in [2.75, 3.05) is 12.3 Å². The van der Waals surface area contributed by atoms with E-state index in [0.29, 0.717) is 28.4 Å². The maximum Gasteiger partial charge on any atom is 0.272 e. The van der Waals surface area contributed by atoms with Crippen molar-refractivity contribution in [3.63, 3.8) is 0 Å². The average Bonchev–Trinajstić information content (AvgIpc) is 2.60. The average molecular weight is 325 g/mol. The number of nitrogens with one attached hydrogen (secondary N) is 1. The van der Waals surface area contributed by atoms with Crippen LogP contribution in [0.3, 0.4) is 0 Å². The van der Waals surface area contributed by atoms with Crippen LogP contribution in [-0.4, -0.2) is 27.6 Å². The van der Waals surface area contributed by atoms with Crippen molar-refractivity contribution in [1.29, 1.82) is 0 Å². The van der Waals surface area contributed by atoms with Crippen LogP contribution in [-0.2, 0) is 0 Å². The van der Waals surface area contributed by atoms with Gasteiger partial charge in [0.1, 0.15) is 0 Å². The summed E-state index contributed by atoms with van der Waals surface area (Å²) in [6, 6.07) is 5.28. The van der Waals surface area contributed by atoms with E-state index in [4.69, 9.17) is 5.73 Å². The van der Waals surface area contributed by atoms with Gasteiger partial charge in [-0.1, -0.05) is 25.1 Å². The van der Waals surface area contributed by atoms with Crippen LogP contribution in [0.4, 0.5) is 10.1 Å². The van der Waals surface area contributed by atoms with E-state index in [9.17, 15) is 9.18 Å². The highest BCUT2D eigenvalue weighted by Gasteiger charge is 2.16. The standard InChI is InChI=1S/C17H16FN5O/c1-2-6-20-17(24)16-15(19)11-5-3-4-10(12(11)7-21-16)13-8-22-23-9-14(13)18/h3-5,7-9H,2,6,19H2,1H3,(H,20,24). The first-order chi connectivity index (χ1) is 11.6. The molecule has 2 heterocycles. The lowest BCUT2D eigenvalue weighted by molar-refractivity contribution is 0.0950. The van der Waals surface area contributed by atoms with Gasteiger partial charge in [-0.2, -0.15) is 10.2 Å². The Morgan fingerprint density at radius 2 is 1.96 bits per heavy atom. The minimum absolute atomic E-state index is 0.168. The Labute approximate surface area is 137 Å². The molecule has 0 fully saturated rings. The summed E-state index contributed by atoms with van der Waals surface area (Å²) in [4.78, 5) is 16.3. The quantitative estimate of drug-likeness (QED) is 0.769. The SMILES string of the molecule is CCCNC(=O)c1ncc2c(-c3cnncc3F)cccc2c1N. The number of aromatic nitrogens is 3. The van der Waals surface area contributed by atoms with E-state index in [-0.39, 0.29) is 17.3 Å². The number of carbonyl (C=O) groups excluding carboxylic acids is 1. The number of hydrogen-bond donors (Lipinski definition) is 2. The lowest BCUT2D eigenvalue weighted by atomic mass is 9.99. The van der Waals surface area contributed by atoms with Crippen molar-refractivity contribution in [2.24, 2.45) is 0 Å². The monoisotopic (exact) mass is 325 g/mol. The van der Waals surface area contributed by atoms with Gasteiger partial charge in [0, 0.05) is 29.1 Å². The molecule has 0 aliphatic carbocycles. The molecule has 0 radical (unpaired) electrons.